The average molecular weight is 636 g/mol. The second kappa shape index (κ2) is 11.8. The van der Waals surface area contributed by atoms with Gasteiger partial charge in [0, 0.05) is 55.4 Å². The number of rotatable bonds is 10. The van der Waals surface area contributed by atoms with Crippen LogP contribution in [0.25, 0.3) is 0 Å². The van der Waals surface area contributed by atoms with Crippen molar-refractivity contribution in [3.63, 3.8) is 0 Å². The molecule has 11 nitrogen and oxygen atoms in total. The molecule has 2 aromatic carbocycles. The molecule has 0 radical (unpaired) electrons. The van der Waals surface area contributed by atoms with Crippen LogP contribution in [0.3, 0.4) is 0 Å². The number of aryl methyl sites for hydroxylation is 1. The van der Waals surface area contributed by atoms with Gasteiger partial charge in [-0.15, -0.1) is 5.10 Å². The topological polar surface area (TPSA) is 127 Å². The molecule has 2 saturated heterocycles. The molecule has 238 valence electrons. The summed E-state index contributed by atoms with van der Waals surface area (Å²) >= 11 is 0. The number of benzene rings is 2. The Bertz CT molecular complexity index is 1610. The van der Waals surface area contributed by atoms with E-state index < -0.39 is 43.8 Å². The Hall–Kier alpha value is -3.94. The maximum Gasteiger partial charge on any atom is 0.304 e. The highest BCUT2D eigenvalue weighted by Crippen LogP contribution is 2.61. The number of amides is 2. The molecule has 2 amide bonds. The standard InChI is InChI=1S/C32H38FN5O6Si/c1-20-30(45(3,4)33)27(12-14-36-19-23(13-15-39)34-35-36)44-32(20)25-16-24(38-28(41)17-29(38)43-21(2)40)10-11-26(25)37(31(32)42)18-22-8-6-5-7-9-22/h5-11,16,19-20,27,29-30,39H,12-15,17-18H2,1-4H3/t20-,27+,29?,30-,32+/m0/s1. The Morgan fingerprint density at radius 2 is 1.96 bits per heavy atom. The molecule has 1 unspecified atom stereocenters. The number of fused-ring (bicyclic) bond motifs is 2. The first-order chi connectivity index (χ1) is 21.4. The van der Waals surface area contributed by atoms with E-state index in [1.807, 2.05) is 37.3 Å². The summed E-state index contributed by atoms with van der Waals surface area (Å²) in [7, 11) is -3.40. The fourth-order valence-electron chi connectivity index (χ4n) is 7.30. The Morgan fingerprint density at radius 3 is 2.62 bits per heavy atom. The summed E-state index contributed by atoms with van der Waals surface area (Å²) in [5.74, 6) is -1.49. The Morgan fingerprint density at radius 1 is 1.20 bits per heavy atom. The van der Waals surface area contributed by atoms with Gasteiger partial charge in [0.2, 0.25) is 14.3 Å². The van der Waals surface area contributed by atoms with E-state index >= 15 is 4.11 Å². The number of esters is 1. The number of aliphatic hydroxyl groups excluding tert-OH is 1. The van der Waals surface area contributed by atoms with Gasteiger partial charge in [-0.2, -0.15) is 0 Å². The molecule has 3 aromatic rings. The molecule has 1 spiro atoms. The van der Waals surface area contributed by atoms with Crippen molar-refractivity contribution in [1.82, 2.24) is 15.0 Å². The maximum absolute atomic E-state index is 16.3. The molecule has 2 fully saturated rings. The first-order valence-corrected chi connectivity index (χ1v) is 18.3. The zero-order chi connectivity index (χ0) is 32.1. The van der Waals surface area contributed by atoms with E-state index in [0.29, 0.717) is 48.6 Å². The highest BCUT2D eigenvalue weighted by molar-refractivity contribution is 6.72. The third-order valence-corrected chi connectivity index (χ3v) is 11.7. The van der Waals surface area contributed by atoms with Crippen LogP contribution in [0.1, 0.15) is 43.5 Å². The molecule has 4 heterocycles. The molecule has 0 bridgehead atoms. The van der Waals surface area contributed by atoms with E-state index in [9.17, 15) is 19.5 Å². The molecule has 0 aliphatic carbocycles. The molecule has 13 heteroatoms. The fourth-order valence-corrected chi connectivity index (χ4v) is 9.84. The summed E-state index contributed by atoms with van der Waals surface area (Å²) in [5, 5.41) is 17.5. The van der Waals surface area contributed by atoms with Crippen molar-refractivity contribution in [2.75, 3.05) is 16.4 Å². The molecule has 1 aromatic heterocycles. The number of carbonyl (C=O) groups excluding carboxylic acids is 3. The van der Waals surface area contributed by atoms with Gasteiger partial charge in [-0.3, -0.25) is 24.0 Å². The summed E-state index contributed by atoms with van der Waals surface area (Å²) in [6, 6.07) is 14.9. The Balaban J connectivity index is 1.40. The monoisotopic (exact) mass is 635 g/mol. The predicted octanol–water partition coefficient (Wildman–Crippen LogP) is 3.85. The number of aromatic nitrogens is 3. The molecule has 5 atom stereocenters. The minimum absolute atomic E-state index is 0.0399. The van der Waals surface area contributed by atoms with Crippen molar-refractivity contribution in [1.29, 1.82) is 0 Å². The number of β-lactam (4-membered cyclic amide) rings is 1. The lowest BCUT2D eigenvalue weighted by atomic mass is 9.82. The Labute approximate surface area is 262 Å². The fraction of sp³-hybridized carbons (Fsp3) is 0.469. The van der Waals surface area contributed by atoms with Gasteiger partial charge in [-0.1, -0.05) is 42.5 Å². The number of hydrogen-bond acceptors (Lipinski definition) is 8. The molecule has 45 heavy (non-hydrogen) atoms. The second-order valence-corrected chi connectivity index (χ2v) is 16.4. The maximum atomic E-state index is 16.3. The number of carbonyl (C=O) groups is 3. The van der Waals surface area contributed by atoms with Gasteiger partial charge < -0.3 is 23.6 Å². The van der Waals surface area contributed by atoms with Crippen molar-refractivity contribution in [3.8, 4) is 0 Å². The van der Waals surface area contributed by atoms with Crippen LogP contribution >= 0.6 is 0 Å². The first-order valence-electron chi connectivity index (χ1n) is 15.3. The summed E-state index contributed by atoms with van der Waals surface area (Å²) in [6.07, 6.45) is 1.29. The van der Waals surface area contributed by atoms with Gasteiger partial charge in [0.05, 0.1) is 30.5 Å². The lowest BCUT2D eigenvalue weighted by Gasteiger charge is -2.39. The number of halogens is 1. The lowest BCUT2D eigenvalue weighted by Crippen LogP contribution is -2.55. The zero-order valence-corrected chi connectivity index (χ0v) is 26.9. The van der Waals surface area contributed by atoms with Crippen LogP contribution in [0.5, 0.6) is 0 Å². The van der Waals surface area contributed by atoms with Crippen molar-refractivity contribution in [2.45, 2.75) is 82.8 Å². The van der Waals surface area contributed by atoms with Crippen LogP contribution in [-0.2, 0) is 49.0 Å². The van der Waals surface area contributed by atoms with Crippen molar-refractivity contribution in [3.05, 3.63) is 71.5 Å². The zero-order valence-electron chi connectivity index (χ0n) is 25.9. The van der Waals surface area contributed by atoms with Crippen molar-refractivity contribution in [2.24, 2.45) is 5.92 Å². The normalized spacial score (nSPS) is 26.0. The third kappa shape index (κ3) is 5.46. The van der Waals surface area contributed by atoms with E-state index in [2.05, 4.69) is 10.3 Å². The van der Waals surface area contributed by atoms with E-state index in [-0.39, 0.29) is 24.8 Å². The average Bonchev–Trinajstić information content (AvgIpc) is 3.62. The number of hydrogen-bond donors (Lipinski definition) is 1. The summed E-state index contributed by atoms with van der Waals surface area (Å²) in [6.45, 7) is 7.14. The van der Waals surface area contributed by atoms with Gasteiger partial charge >= 0.3 is 5.97 Å². The minimum atomic E-state index is -3.40. The first kappa shape index (κ1) is 31.1. The molecule has 1 N–H and O–H groups in total. The minimum Gasteiger partial charge on any atom is -0.441 e. The molecule has 6 rings (SSSR count). The molecular formula is C32H38FN5O6Si. The van der Waals surface area contributed by atoms with Crippen molar-refractivity contribution < 1.29 is 33.1 Å². The summed E-state index contributed by atoms with van der Waals surface area (Å²) in [4.78, 5) is 42.2. The summed E-state index contributed by atoms with van der Waals surface area (Å²) in [5.41, 5.74) is 1.27. The number of nitrogens with zero attached hydrogens (tertiary/aromatic N) is 5. The number of aliphatic hydroxyl groups is 1. The molecule has 0 saturated carbocycles. The van der Waals surface area contributed by atoms with E-state index in [1.165, 1.54) is 11.8 Å². The molecular weight excluding hydrogens is 597 g/mol. The molecule has 3 aliphatic rings. The van der Waals surface area contributed by atoms with Gasteiger partial charge in [0.25, 0.3) is 5.91 Å². The van der Waals surface area contributed by atoms with Crippen LogP contribution in [0.2, 0.25) is 18.6 Å². The van der Waals surface area contributed by atoms with Gasteiger partial charge in [-0.25, -0.2) is 0 Å². The quantitative estimate of drug-likeness (QED) is 0.154. The van der Waals surface area contributed by atoms with Crippen LogP contribution in [0.15, 0.2) is 54.7 Å². The largest absolute Gasteiger partial charge is 0.441 e. The molecule has 3 aliphatic heterocycles. The van der Waals surface area contributed by atoms with E-state index in [1.54, 1.807) is 47.1 Å². The van der Waals surface area contributed by atoms with Gasteiger partial charge in [0.1, 0.15) is 0 Å². The highest BCUT2D eigenvalue weighted by atomic mass is 28.4. The van der Waals surface area contributed by atoms with Crippen LogP contribution in [0, 0.1) is 5.92 Å². The lowest BCUT2D eigenvalue weighted by molar-refractivity contribution is -0.153. The van der Waals surface area contributed by atoms with Crippen molar-refractivity contribution >= 4 is 37.6 Å². The van der Waals surface area contributed by atoms with E-state index in [4.69, 9.17) is 9.47 Å². The van der Waals surface area contributed by atoms with Gasteiger partial charge in [0.15, 0.2) is 11.8 Å². The summed E-state index contributed by atoms with van der Waals surface area (Å²) < 4.78 is 30.1. The third-order valence-electron chi connectivity index (χ3n) is 9.21. The van der Waals surface area contributed by atoms with Crippen LogP contribution < -0.4 is 9.80 Å². The predicted molar refractivity (Wildman–Crippen MR) is 165 cm³/mol. The Kier molecular flexibility index (Phi) is 8.12. The van der Waals surface area contributed by atoms with Crippen LogP contribution in [0.4, 0.5) is 15.5 Å². The number of ether oxygens (including phenoxy) is 2. The van der Waals surface area contributed by atoms with Gasteiger partial charge in [-0.05, 0) is 43.3 Å². The number of anilines is 2. The highest BCUT2D eigenvalue weighted by Gasteiger charge is 2.66. The van der Waals surface area contributed by atoms with Crippen LogP contribution in [-0.4, -0.2) is 65.2 Å². The van der Waals surface area contributed by atoms with E-state index in [0.717, 1.165) is 5.56 Å². The second-order valence-electron chi connectivity index (χ2n) is 12.6. The smallest absolute Gasteiger partial charge is 0.304 e. The SMILES string of the molecule is CC(=O)OC1CC(=O)N1c1ccc2c(c1)[C@@]1(O[C@H](CCn3cc(CCO)nn3)[C@@H]([Si](C)(C)F)[C@@H]1C)C(=O)N2Cc1ccccc1.